The number of nitrogens with one attached hydrogen (secondary N) is 3. The highest BCUT2D eigenvalue weighted by molar-refractivity contribution is 5.79. The number of benzene rings is 1. The van der Waals surface area contributed by atoms with Gasteiger partial charge in [-0.15, -0.1) is 0 Å². The van der Waals surface area contributed by atoms with Gasteiger partial charge in [0.05, 0.1) is 0 Å². The van der Waals surface area contributed by atoms with Gasteiger partial charge in [0.15, 0.2) is 0 Å². The first-order chi connectivity index (χ1) is 12.2. The average Bonchev–Trinajstić information content (AvgIpc) is 3.32. The topological polar surface area (TPSA) is 59.6 Å². The van der Waals surface area contributed by atoms with Crippen LogP contribution in [0.1, 0.15) is 37.7 Å². The zero-order valence-corrected chi connectivity index (χ0v) is 15.0. The monoisotopic (exact) mass is 343 g/mol. The number of carbonyl (C=O) groups is 1. The van der Waals surface area contributed by atoms with E-state index < -0.39 is 0 Å². The lowest BCUT2D eigenvalue weighted by molar-refractivity contribution is -0.136. The van der Waals surface area contributed by atoms with Gasteiger partial charge in [0.25, 0.3) is 0 Å². The van der Waals surface area contributed by atoms with Gasteiger partial charge in [-0.3, -0.25) is 4.79 Å². The van der Waals surface area contributed by atoms with Crippen molar-refractivity contribution in [3.05, 3.63) is 29.8 Å². The Kier molecular flexibility index (Phi) is 4.92. The molecule has 0 radical (unpaired) electrons. The summed E-state index contributed by atoms with van der Waals surface area (Å²) in [7, 11) is 1.95. The van der Waals surface area contributed by atoms with Crippen LogP contribution in [0.15, 0.2) is 24.3 Å². The smallest absolute Gasteiger partial charge is 0.225 e. The summed E-state index contributed by atoms with van der Waals surface area (Å²) in [5.74, 6) is 0.405. The molecule has 2 aliphatic heterocycles. The molecule has 3 aliphatic rings. The number of amides is 1. The Bertz CT molecular complexity index is 616. The van der Waals surface area contributed by atoms with Gasteiger partial charge in [0.1, 0.15) is 0 Å². The maximum absolute atomic E-state index is 13.0. The molecule has 1 amide bonds. The lowest BCUT2D eigenvalue weighted by Crippen LogP contribution is -2.44. The SMILES string of the molecule is CN(Cc1ccccc1N1CCCC1)C(=O)C1CCC2NNNC2C1. The van der Waals surface area contributed by atoms with Crippen LogP contribution in [0.5, 0.6) is 0 Å². The molecule has 2 saturated heterocycles. The molecular formula is C19H29N5O. The molecule has 25 heavy (non-hydrogen) atoms. The van der Waals surface area contributed by atoms with Gasteiger partial charge >= 0.3 is 0 Å². The van der Waals surface area contributed by atoms with Crippen LogP contribution in [0.4, 0.5) is 5.69 Å². The first-order valence-corrected chi connectivity index (χ1v) is 9.56. The Balaban J connectivity index is 1.41. The van der Waals surface area contributed by atoms with Gasteiger partial charge in [0, 0.05) is 50.4 Å². The van der Waals surface area contributed by atoms with E-state index in [-0.39, 0.29) is 11.8 Å². The zero-order valence-electron chi connectivity index (χ0n) is 15.0. The van der Waals surface area contributed by atoms with Crippen LogP contribution in [0.25, 0.3) is 0 Å². The van der Waals surface area contributed by atoms with Crippen LogP contribution in [-0.4, -0.2) is 43.0 Å². The fourth-order valence-electron chi connectivity index (χ4n) is 4.51. The van der Waals surface area contributed by atoms with Gasteiger partial charge in [-0.05, 0) is 43.7 Å². The molecule has 1 aromatic carbocycles. The van der Waals surface area contributed by atoms with E-state index in [0.717, 1.165) is 32.4 Å². The minimum Gasteiger partial charge on any atom is -0.371 e. The lowest BCUT2D eigenvalue weighted by atomic mass is 9.82. The number of nitrogens with zero attached hydrogens (tertiary/aromatic N) is 2. The third-order valence-corrected chi connectivity index (χ3v) is 5.94. The Hall–Kier alpha value is -1.63. The van der Waals surface area contributed by atoms with Crippen LogP contribution >= 0.6 is 0 Å². The van der Waals surface area contributed by atoms with E-state index in [2.05, 4.69) is 45.6 Å². The average molecular weight is 343 g/mol. The molecule has 1 aliphatic carbocycles. The molecule has 0 aromatic heterocycles. The number of hydrogen-bond acceptors (Lipinski definition) is 5. The molecular weight excluding hydrogens is 314 g/mol. The largest absolute Gasteiger partial charge is 0.371 e. The molecule has 3 N–H and O–H groups in total. The molecule has 1 aromatic rings. The molecule has 6 heteroatoms. The fraction of sp³-hybridized carbons (Fsp3) is 0.632. The summed E-state index contributed by atoms with van der Waals surface area (Å²) in [6, 6.07) is 9.35. The summed E-state index contributed by atoms with van der Waals surface area (Å²) in [4.78, 5) is 17.4. The number of fused-ring (bicyclic) bond motifs is 1. The summed E-state index contributed by atoms with van der Waals surface area (Å²) in [6.07, 6.45) is 5.45. The summed E-state index contributed by atoms with van der Waals surface area (Å²) in [5, 5.41) is 0. The molecule has 3 atom stereocenters. The highest BCUT2D eigenvalue weighted by Crippen LogP contribution is 2.29. The number of hydrogen-bond donors (Lipinski definition) is 3. The normalized spacial score (nSPS) is 28.8. The Morgan fingerprint density at radius 1 is 1.16 bits per heavy atom. The number of hydrazine groups is 2. The Labute approximate surface area is 149 Å². The second kappa shape index (κ2) is 7.32. The van der Waals surface area contributed by atoms with E-state index >= 15 is 0 Å². The van der Waals surface area contributed by atoms with Crippen LogP contribution in [0.2, 0.25) is 0 Å². The van der Waals surface area contributed by atoms with Crippen LogP contribution < -0.4 is 21.3 Å². The van der Waals surface area contributed by atoms with Crippen molar-refractivity contribution >= 4 is 11.6 Å². The van der Waals surface area contributed by atoms with Crippen molar-refractivity contribution < 1.29 is 4.79 Å². The second-order valence-electron chi connectivity index (χ2n) is 7.65. The van der Waals surface area contributed by atoms with E-state index in [0.29, 0.717) is 18.6 Å². The lowest BCUT2D eigenvalue weighted by Gasteiger charge is -2.32. The fourth-order valence-corrected chi connectivity index (χ4v) is 4.51. The number of anilines is 1. The predicted octanol–water partition coefficient (Wildman–Crippen LogP) is 1.39. The summed E-state index contributed by atoms with van der Waals surface area (Å²) in [5.41, 5.74) is 12.0. The quantitative estimate of drug-likeness (QED) is 0.771. The number of para-hydroxylation sites is 1. The van der Waals surface area contributed by atoms with E-state index in [1.54, 1.807) is 0 Å². The third-order valence-electron chi connectivity index (χ3n) is 5.94. The van der Waals surface area contributed by atoms with Crippen molar-refractivity contribution in [2.45, 2.75) is 50.7 Å². The van der Waals surface area contributed by atoms with Crippen molar-refractivity contribution in [2.75, 3.05) is 25.0 Å². The molecule has 3 fully saturated rings. The van der Waals surface area contributed by atoms with Crippen molar-refractivity contribution in [2.24, 2.45) is 5.92 Å². The molecule has 0 spiro atoms. The maximum atomic E-state index is 13.0. The van der Waals surface area contributed by atoms with Crippen LogP contribution in [0, 0.1) is 5.92 Å². The minimum absolute atomic E-state index is 0.124. The third kappa shape index (κ3) is 3.52. The zero-order chi connectivity index (χ0) is 17.2. The number of rotatable bonds is 4. The highest BCUT2D eigenvalue weighted by atomic mass is 16.2. The Morgan fingerprint density at radius 2 is 1.92 bits per heavy atom. The van der Waals surface area contributed by atoms with E-state index in [1.165, 1.54) is 24.1 Å². The summed E-state index contributed by atoms with van der Waals surface area (Å²) < 4.78 is 0. The van der Waals surface area contributed by atoms with Crippen LogP contribution in [-0.2, 0) is 11.3 Å². The van der Waals surface area contributed by atoms with Gasteiger partial charge in [0.2, 0.25) is 5.91 Å². The van der Waals surface area contributed by atoms with Gasteiger partial charge in [-0.1, -0.05) is 18.2 Å². The molecule has 4 rings (SSSR count). The minimum atomic E-state index is 0.124. The summed E-state index contributed by atoms with van der Waals surface area (Å²) >= 11 is 0. The second-order valence-corrected chi connectivity index (χ2v) is 7.65. The Morgan fingerprint density at radius 3 is 2.76 bits per heavy atom. The van der Waals surface area contributed by atoms with Crippen molar-refractivity contribution in [1.82, 2.24) is 21.3 Å². The molecule has 1 saturated carbocycles. The van der Waals surface area contributed by atoms with Crippen molar-refractivity contribution in [3.8, 4) is 0 Å². The molecule has 3 unspecified atom stereocenters. The first kappa shape index (κ1) is 16.8. The molecule has 2 heterocycles. The van der Waals surface area contributed by atoms with Crippen molar-refractivity contribution in [1.29, 1.82) is 0 Å². The maximum Gasteiger partial charge on any atom is 0.225 e. The predicted molar refractivity (Wildman–Crippen MR) is 98.7 cm³/mol. The van der Waals surface area contributed by atoms with Gasteiger partial charge in [-0.25, -0.2) is 10.9 Å². The standard InChI is InChI=1S/C19H29N5O/c1-23(19(25)14-8-9-16-17(12-14)21-22-20-16)13-15-6-2-3-7-18(15)24-10-4-5-11-24/h2-3,6-7,14,16-17,20-22H,4-5,8-13H2,1H3. The van der Waals surface area contributed by atoms with Gasteiger partial charge in [-0.2, -0.15) is 5.53 Å². The molecule has 136 valence electrons. The van der Waals surface area contributed by atoms with Crippen LogP contribution in [0.3, 0.4) is 0 Å². The van der Waals surface area contributed by atoms with Gasteiger partial charge < -0.3 is 9.80 Å². The van der Waals surface area contributed by atoms with E-state index in [4.69, 9.17) is 0 Å². The molecule has 0 bridgehead atoms. The summed E-state index contributed by atoms with van der Waals surface area (Å²) in [6.45, 7) is 2.96. The van der Waals surface area contributed by atoms with Crippen molar-refractivity contribution in [3.63, 3.8) is 0 Å². The number of carbonyl (C=O) groups excluding carboxylic acids is 1. The first-order valence-electron chi connectivity index (χ1n) is 9.56. The van der Waals surface area contributed by atoms with E-state index in [1.807, 2.05) is 11.9 Å². The molecule has 6 nitrogen and oxygen atoms in total. The van der Waals surface area contributed by atoms with E-state index in [9.17, 15) is 4.79 Å². The highest BCUT2D eigenvalue weighted by Gasteiger charge is 2.37.